The predicted molar refractivity (Wildman–Crippen MR) is 82.3 cm³/mol. The van der Waals surface area contributed by atoms with Gasteiger partial charge in [-0.3, -0.25) is 0 Å². The largest absolute Gasteiger partial charge is 0.489 e. The van der Waals surface area contributed by atoms with Crippen LogP contribution in [0.5, 0.6) is 5.75 Å². The third kappa shape index (κ3) is 4.32. The molecule has 0 saturated heterocycles. The normalized spacial score (nSPS) is 10.6. The topological polar surface area (TPSA) is 21.3 Å². The predicted octanol–water partition coefficient (Wildman–Crippen LogP) is 4.28. The van der Waals surface area contributed by atoms with Crippen molar-refractivity contribution in [2.45, 2.75) is 20.1 Å². The molecule has 2 rings (SSSR count). The highest BCUT2D eigenvalue weighted by Crippen LogP contribution is 2.18. The van der Waals surface area contributed by atoms with Gasteiger partial charge in [0.05, 0.1) is 0 Å². The second-order valence-electron chi connectivity index (χ2n) is 4.45. The van der Waals surface area contributed by atoms with Gasteiger partial charge in [-0.2, -0.15) is 0 Å². The van der Waals surface area contributed by atoms with E-state index in [1.54, 1.807) is 12.1 Å². The first kappa shape index (κ1) is 15.0. The van der Waals surface area contributed by atoms with Crippen LogP contribution in [0.4, 0.5) is 4.39 Å². The Bertz CT molecular complexity index is 557. The third-order valence-corrected chi connectivity index (χ3v) is 3.41. The zero-order chi connectivity index (χ0) is 14.4. The number of nitrogens with one attached hydrogen (secondary N) is 1. The third-order valence-electron chi connectivity index (χ3n) is 2.91. The Hall–Kier alpha value is -1.39. The molecular weight excluding hydrogens is 321 g/mol. The maximum Gasteiger partial charge on any atom is 0.130 e. The second-order valence-corrected chi connectivity index (χ2v) is 5.36. The van der Waals surface area contributed by atoms with Crippen LogP contribution >= 0.6 is 15.9 Å². The fraction of sp³-hybridized carbons (Fsp3) is 0.250. The summed E-state index contributed by atoms with van der Waals surface area (Å²) < 4.78 is 20.0. The summed E-state index contributed by atoms with van der Waals surface area (Å²) in [4.78, 5) is 0. The van der Waals surface area contributed by atoms with E-state index >= 15 is 0 Å². The second kappa shape index (κ2) is 7.41. The van der Waals surface area contributed by atoms with E-state index in [2.05, 4.69) is 28.2 Å². The van der Waals surface area contributed by atoms with E-state index in [0.717, 1.165) is 23.3 Å². The van der Waals surface area contributed by atoms with Crippen molar-refractivity contribution in [3.63, 3.8) is 0 Å². The molecular formula is C16H17BrFNO. The van der Waals surface area contributed by atoms with Gasteiger partial charge in [0, 0.05) is 16.6 Å². The fourth-order valence-corrected chi connectivity index (χ4v) is 2.11. The van der Waals surface area contributed by atoms with Crippen molar-refractivity contribution in [2.24, 2.45) is 0 Å². The van der Waals surface area contributed by atoms with Crippen LogP contribution < -0.4 is 10.1 Å². The van der Waals surface area contributed by atoms with Crippen molar-refractivity contribution in [3.8, 4) is 5.75 Å². The number of hydrogen-bond donors (Lipinski definition) is 1. The lowest BCUT2D eigenvalue weighted by Crippen LogP contribution is -2.11. The smallest absolute Gasteiger partial charge is 0.130 e. The lowest BCUT2D eigenvalue weighted by atomic mass is 10.2. The van der Waals surface area contributed by atoms with Gasteiger partial charge in [-0.1, -0.05) is 41.1 Å². The average Bonchev–Trinajstić information content (AvgIpc) is 2.45. The van der Waals surface area contributed by atoms with E-state index in [0.29, 0.717) is 5.56 Å². The molecule has 2 aromatic rings. The molecule has 0 unspecified atom stereocenters. The maximum absolute atomic E-state index is 13.6. The van der Waals surface area contributed by atoms with Crippen molar-refractivity contribution >= 4 is 15.9 Å². The Morgan fingerprint density at radius 3 is 2.55 bits per heavy atom. The molecule has 106 valence electrons. The number of ether oxygens (including phenoxy) is 1. The molecule has 0 spiro atoms. The minimum absolute atomic E-state index is 0.228. The van der Waals surface area contributed by atoms with Crippen LogP contribution in [0.2, 0.25) is 0 Å². The van der Waals surface area contributed by atoms with Gasteiger partial charge in [0.2, 0.25) is 0 Å². The summed E-state index contributed by atoms with van der Waals surface area (Å²) in [5.41, 5.74) is 1.75. The zero-order valence-electron chi connectivity index (χ0n) is 11.3. The van der Waals surface area contributed by atoms with E-state index in [1.807, 2.05) is 24.3 Å². The van der Waals surface area contributed by atoms with Crippen LogP contribution in [-0.4, -0.2) is 6.54 Å². The monoisotopic (exact) mass is 337 g/mol. The molecule has 0 fully saturated rings. The number of hydrogen-bond acceptors (Lipinski definition) is 2. The van der Waals surface area contributed by atoms with Crippen LogP contribution in [0, 0.1) is 5.82 Å². The van der Waals surface area contributed by atoms with Crippen molar-refractivity contribution < 1.29 is 9.13 Å². The van der Waals surface area contributed by atoms with E-state index in [1.165, 1.54) is 11.6 Å². The molecule has 0 aliphatic rings. The molecule has 20 heavy (non-hydrogen) atoms. The quantitative estimate of drug-likeness (QED) is 0.849. The highest BCUT2D eigenvalue weighted by atomic mass is 79.9. The van der Waals surface area contributed by atoms with Gasteiger partial charge in [-0.05, 0) is 36.4 Å². The SMILES string of the molecule is CCNCc1ccc(OCc2ccc(Br)cc2F)cc1. The summed E-state index contributed by atoms with van der Waals surface area (Å²) in [5.74, 6) is 0.482. The zero-order valence-corrected chi connectivity index (χ0v) is 12.9. The molecule has 0 radical (unpaired) electrons. The summed E-state index contributed by atoms with van der Waals surface area (Å²) in [7, 11) is 0. The van der Waals surface area contributed by atoms with Gasteiger partial charge in [-0.25, -0.2) is 4.39 Å². The van der Waals surface area contributed by atoms with Gasteiger partial charge >= 0.3 is 0 Å². The van der Waals surface area contributed by atoms with Gasteiger partial charge in [-0.15, -0.1) is 0 Å². The first-order valence-electron chi connectivity index (χ1n) is 6.55. The minimum Gasteiger partial charge on any atom is -0.489 e. The number of rotatable bonds is 6. The van der Waals surface area contributed by atoms with Crippen molar-refractivity contribution in [2.75, 3.05) is 6.54 Å². The van der Waals surface area contributed by atoms with Crippen molar-refractivity contribution in [3.05, 3.63) is 63.9 Å². The number of benzene rings is 2. The van der Waals surface area contributed by atoms with Gasteiger partial charge in [0.15, 0.2) is 0 Å². The molecule has 0 heterocycles. The molecule has 0 saturated carbocycles. The van der Waals surface area contributed by atoms with E-state index in [4.69, 9.17) is 4.74 Å². The minimum atomic E-state index is -0.261. The van der Waals surface area contributed by atoms with E-state index < -0.39 is 0 Å². The van der Waals surface area contributed by atoms with Crippen molar-refractivity contribution in [1.82, 2.24) is 5.32 Å². The van der Waals surface area contributed by atoms with Gasteiger partial charge in [0.25, 0.3) is 0 Å². The molecule has 2 aromatic carbocycles. The Morgan fingerprint density at radius 1 is 1.15 bits per heavy atom. The summed E-state index contributed by atoms with van der Waals surface area (Å²) in [6.07, 6.45) is 0. The Balaban J connectivity index is 1.93. The van der Waals surface area contributed by atoms with E-state index in [-0.39, 0.29) is 12.4 Å². The lowest BCUT2D eigenvalue weighted by Gasteiger charge is -2.08. The fourth-order valence-electron chi connectivity index (χ4n) is 1.77. The molecule has 0 bridgehead atoms. The van der Waals surface area contributed by atoms with Crippen LogP contribution in [0.1, 0.15) is 18.1 Å². The van der Waals surface area contributed by atoms with Gasteiger partial charge < -0.3 is 10.1 Å². The maximum atomic E-state index is 13.6. The molecule has 1 N–H and O–H groups in total. The molecule has 4 heteroatoms. The summed E-state index contributed by atoms with van der Waals surface area (Å²) in [6, 6.07) is 12.8. The summed E-state index contributed by atoms with van der Waals surface area (Å²) in [5, 5.41) is 3.26. The number of halogens is 2. The lowest BCUT2D eigenvalue weighted by molar-refractivity contribution is 0.299. The summed E-state index contributed by atoms with van der Waals surface area (Å²) >= 11 is 3.23. The van der Waals surface area contributed by atoms with Crippen LogP contribution in [0.25, 0.3) is 0 Å². The molecule has 2 nitrogen and oxygen atoms in total. The van der Waals surface area contributed by atoms with Crippen LogP contribution in [0.15, 0.2) is 46.9 Å². The molecule has 0 atom stereocenters. The first-order valence-corrected chi connectivity index (χ1v) is 7.34. The molecule has 0 aromatic heterocycles. The molecule has 0 amide bonds. The molecule has 0 aliphatic heterocycles. The first-order chi connectivity index (χ1) is 9.69. The Morgan fingerprint density at radius 2 is 1.90 bits per heavy atom. The average molecular weight is 338 g/mol. The highest BCUT2D eigenvalue weighted by molar-refractivity contribution is 9.10. The van der Waals surface area contributed by atoms with Crippen molar-refractivity contribution in [1.29, 1.82) is 0 Å². The van der Waals surface area contributed by atoms with Crippen LogP contribution in [0.3, 0.4) is 0 Å². The van der Waals surface area contributed by atoms with Gasteiger partial charge in [0.1, 0.15) is 18.2 Å². The standard InChI is InChI=1S/C16H17BrFNO/c1-2-19-10-12-3-7-15(8-4-12)20-11-13-5-6-14(17)9-16(13)18/h3-9,19H,2,10-11H2,1H3. The highest BCUT2D eigenvalue weighted by Gasteiger charge is 2.04. The van der Waals surface area contributed by atoms with E-state index in [9.17, 15) is 4.39 Å². The molecule has 0 aliphatic carbocycles. The summed E-state index contributed by atoms with van der Waals surface area (Å²) in [6.45, 7) is 4.09. The Labute approximate surface area is 127 Å². The Kier molecular flexibility index (Phi) is 5.56. The van der Waals surface area contributed by atoms with Crippen LogP contribution in [-0.2, 0) is 13.2 Å².